The van der Waals surface area contributed by atoms with Gasteiger partial charge in [0.2, 0.25) is 5.75 Å². The number of ether oxygens (including phenoxy) is 3. The molecule has 5 rings (SSSR count). The Labute approximate surface area is 210 Å². The zero-order chi connectivity index (χ0) is 25.4. The number of benzene rings is 3. The molecule has 0 saturated carbocycles. The predicted octanol–water partition coefficient (Wildman–Crippen LogP) is 6.45. The fraction of sp³-hybridized carbons (Fsp3) is 0.241. The first kappa shape index (κ1) is 23.5. The molecule has 184 valence electrons. The molecule has 0 radical (unpaired) electrons. The van der Waals surface area contributed by atoms with Gasteiger partial charge in [-0.2, -0.15) is 0 Å². The minimum Gasteiger partial charge on any atom is -0.493 e. The van der Waals surface area contributed by atoms with E-state index in [9.17, 15) is 0 Å². The number of hydrogen-bond acceptors (Lipinski definition) is 6. The standard InChI is InChI=1S/C29H30N4O3/c1-29(2,3)32-28-24(19-16-22(34-4)25(36-6)23(17-19)35-5)31-27-20-14-10-11-15-21(20)30-26(33(27)28)18-12-8-7-9-13-18/h7-17,32H,1-6H3. The third-order valence-corrected chi connectivity index (χ3v) is 5.92. The molecular weight excluding hydrogens is 452 g/mol. The van der Waals surface area contributed by atoms with Crippen LogP contribution < -0.4 is 19.5 Å². The van der Waals surface area contributed by atoms with Crippen LogP contribution in [0, 0.1) is 0 Å². The van der Waals surface area contributed by atoms with E-state index in [1.807, 2.05) is 48.5 Å². The lowest BCUT2D eigenvalue weighted by Crippen LogP contribution is -2.27. The van der Waals surface area contributed by atoms with Crippen LogP contribution in [0.4, 0.5) is 5.82 Å². The highest BCUT2D eigenvalue weighted by Crippen LogP contribution is 2.44. The summed E-state index contributed by atoms with van der Waals surface area (Å²) in [6.07, 6.45) is 0. The number of hydrogen-bond donors (Lipinski definition) is 1. The van der Waals surface area contributed by atoms with E-state index < -0.39 is 0 Å². The van der Waals surface area contributed by atoms with Crippen molar-refractivity contribution in [3.05, 3.63) is 66.7 Å². The lowest BCUT2D eigenvalue weighted by atomic mass is 10.1. The second kappa shape index (κ2) is 9.07. The molecule has 1 N–H and O–H groups in total. The number of methoxy groups -OCH3 is 3. The van der Waals surface area contributed by atoms with E-state index in [0.717, 1.165) is 45.0 Å². The molecule has 0 fully saturated rings. The van der Waals surface area contributed by atoms with Crippen molar-refractivity contribution in [1.82, 2.24) is 14.4 Å². The van der Waals surface area contributed by atoms with Crippen LogP contribution in [0.5, 0.6) is 17.2 Å². The van der Waals surface area contributed by atoms with Crippen molar-refractivity contribution in [3.8, 4) is 39.9 Å². The average molecular weight is 483 g/mol. The quantitative estimate of drug-likeness (QED) is 0.300. The van der Waals surface area contributed by atoms with Crippen LogP contribution in [0.25, 0.3) is 39.2 Å². The van der Waals surface area contributed by atoms with Gasteiger partial charge in [0.1, 0.15) is 23.0 Å². The lowest BCUT2D eigenvalue weighted by Gasteiger charge is -2.23. The second-order valence-electron chi connectivity index (χ2n) is 9.58. The molecule has 0 aliphatic heterocycles. The van der Waals surface area contributed by atoms with E-state index in [1.54, 1.807) is 21.3 Å². The van der Waals surface area contributed by atoms with Crippen LogP contribution in [0.1, 0.15) is 20.8 Å². The summed E-state index contributed by atoms with van der Waals surface area (Å²) in [4.78, 5) is 10.3. The van der Waals surface area contributed by atoms with E-state index in [-0.39, 0.29) is 5.54 Å². The maximum Gasteiger partial charge on any atom is 0.203 e. The molecule has 0 unspecified atom stereocenters. The van der Waals surface area contributed by atoms with Gasteiger partial charge in [0.15, 0.2) is 11.5 Å². The van der Waals surface area contributed by atoms with Gasteiger partial charge in [-0.25, -0.2) is 9.97 Å². The molecule has 36 heavy (non-hydrogen) atoms. The molecule has 0 bridgehead atoms. The molecule has 0 amide bonds. The Bertz CT molecular complexity index is 1530. The average Bonchev–Trinajstić information content (AvgIpc) is 3.25. The number of rotatable bonds is 6. The number of para-hydroxylation sites is 1. The molecule has 5 aromatic rings. The normalized spacial score (nSPS) is 11.6. The Morgan fingerprint density at radius 3 is 2.00 bits per heavy atom. The molecule has 0 atom stereocenters. The van der Waals surface area contributed by atoms with Crippen LogP contribution in [0.2, 0.25) is 0 Å². The summed E-state index contributed by atoms with van der Waals surface area (Å²) in [7, 11) is 4.83. The summed E-state index contributed by atoms with van der Waals surface area (Å²) in [6, 6.07) is 22.1. The molecule has 0 saturated heterocycles. The van der Waals surface area contributed by atoms with E-state index >= 15 is 0 Å². The number of nitrogens with one attached hydrogen (secondary N) is 1. The largest absolute Gasteiger partial charge is 0.493 e. The zero-order valence-corrected chi connectivity index (χ0v) is 21.4. The molecule has 0 aliphatic carbocycles. The zero-order valence-electron chi connectivity index (χ0n) is 21.4. The van der Waals surface area contributed by atoms with Gasteiger partial charge in [-0.05, 0) is 45.0 Å². The van der Waals surface area contributed by atoms with E-state index in [2.05, 4.69) is 48.7 Å². The molecule has 7 heteroatoms. The third-order valence-electron chi connectivity index (χ3n) is 5.92. The van der Waals surface area contributed by atoms with Crippen LogP contribution >= 0.6 is 0 Å². The van der Waals surface area contributed by atoms with Crippen molar-refractivity contribution in [1.29, 1.82) is 0 Å². The maximum absolute atomic E-state index is 5.65. The van der Waals surface area contributed by atoms with Gasteiger partial charge in [0.05, 0.1) is 26.8 Å². The van der Waals surface area contributed by atoms with E-state index in [4.69, 9.17) is 24.2 Å². The number of aromatic nitrogens is 3. The molecule has 0 spiro atoms. The van der Waals surface area contributed by atoms with Crippen molar-refractivity contribution in [2.75, 3.05) is 26.6 Å². The summed E-state index contributed by atoms with van der Waals surface area (Å²) in [5, 5.41) is 4.66. The first-order valence-corrected chi connectivity index (χ1v) is 11.8. The van der Waals surface area contributed by atoms with Crippen molar-refractivity contribution in [3.63, 3.8) is 0 Å². The molecule has 2 aromatic heterocycles. The predicted molar refractivity (Wildman–Crippen MR) is 144 cm³/mol. The van der Waals surface area contributed by atoms with Crippen LogP contribution in [0.3, 0.4) is 0 Å². The smallest absolute Gasteiger partial charge is 0.203 e. The molecule has 2 heterocycles. The van der Waals surface area contributed by atoms with Gasteiger partial charge < -0.3 is 19.5 Å². The van der Waals surface area contributed by atoms with Gasteiger partial charge in [0, 0.05) is 22.1 Å². The summed E-state index contributed by atoms with van der Waals surface area (Å²) in [5.74, 6) is 3.31. The molecule has 7 nitrogen and oxygen atoms in total. The topological polar surface area (TPSA) is 69.9 Å². The van der Waals surface area contributed by atoms with E-state index in [1.165, 1.54) is 0 Å². The SMILES string of the molecule is COc1cc(-c2nc3c4ccccc4nc(-c4ccccc4)n3c2NC(C)(C)C)cc(OC)c1OC. The Balaban J connectivity index is 1.92. The first-order chi connectivity index (χ1) is 17.3. The molecule has 3 aromatic carbocycles. The Morgan fingerprint density at radius 2 is 1.39 bits per heavy atom. The molecular formula is C29H30N4O3. The minimum absolute atomic E-state index is 0.245. The number of fused-ring (bicyclic) bond motifs is 3. The summed E-state index contributed by atoms with van der Waals surface area (Å²) in [5.41, 5.74) is 4.05. The monoisotopic (exact) mass is 482 g/mol. The molecule has 0 aliphatic rings. The van der Waals surface area contributed by atoms with Gasteiger partial charge in [-0.1, -0.05) is 42.5 Å². The summed E-state index contributed by atoms with van der Waals surface area (Å²) < 4.78 is 19.0. The van der Waals surface area contributed by atoms with Crippen molar-refractivity contribution < 1.29 is 14.2 Å². The van der Waals surface area contributed by atoms with Gasteiger partial charge >= 0.3 is 0 Å². The minimum atomic E-state index is -0.245. The lowest BCUT2D eigenvalue weighted by molar-refractivity contribution is 0.324. The van der Waals surface area contributed by atoms with Crippen molar-refractivity contribution >= 4 is 22.4 Å². The number of nitrogens with zero attached hydrogens (tertiary/aromatic N) is 3. The number of anilines is 1. The Kier molecular flexibility index (Phi) is 5.92. The highest BCUT2D eigenvalue weighted by molar-refractivity contribution is 5.97. The van der Waals surface area contributed by atoms with Crippen molar-refractivity contribution in [2.45, 2.75) is 26.3 Å². The second-order valence-corrected chi connectivity index (χ2v) is 9.58. The summed E-state index contributed by atoms with van der Waals surface area (Å²) in [6.45, 7) is 6.38. The fourth-order valence-corrected chi connectivity index (χ4v) is 4.40. The van der Waals surface area contributed by atoms with Gasteiger partial charge in [-0.15, -0.1) is 0 Å². The summed E-state index contributed by atoms with van der Waals surface area (Å²) >= 11 is 0. The van der Waals surface area contributed by atoms with E-state index in [0.29, 0.717) is 17.2 Å². The Hall–Kier alpha value is -4.26. The van der Waals surface area contributed by atoms with Gasteiger partial charge in [0.25, 0.3) is 0 Å². The van der Waals surface area contributed by atoms with Crippen molar-refractivity contribution in [2.24, 2.45) is 0 Å². The van der Waals surface area contributed by atoms with Crippen LogP contribution in [-0.4, -0.2) is 41.2 Å². The number of imidazole rings is 1. The Morgan fingerprint density at radius 1 is 0.750 bits per heavy atom. The highest BCUT2D eigenvalue weighted by Gasteiger charge is 2.25. The maximum atomic E-state index is 5.65. The third kappa shape index (κ3) is 4.06. The van der Waals surface area contributed by atoms with Crippen LogP contribution in [-0.2, 0) is 0 Å². The first-order valence-electron chi connectivity index (χ1n) is 11.8. The highest BCUT2D eigenvalue weighted by atomic mass is 16.5. The van der Waals surface area contributed by atoms with Crippen LogP contribution in [0.15, 0.2) is 66.7 Å². The van der Waals surface area contributed by atoms with Gasteiger partial charge in [-0.3, -0.25) is 4.40 Å². The fourth-order valence-electron chi connectivity index (χ4n) is 4.40.